The molecule has 0 radical (unpaired) electrons. The van der Waals surface area contributed by atoms with Crippen molar-refractivity contribution >= 4 is 21.4 Å². The second-order valence-corrected chi connectivity index (χ2v) is 7.44. The molecule has 0 bridgehead atoms. The van der Waals surface area contributed by atoms with E-state index in [1.807, 2.05) is 0 Å². The zero-order valence-corrected chi connectivity index (χ0v) is 14.1. The maximum atomic E-state index is 13.1. The van der Waals surface area contributed by atoms with E-state index >= 15 is 0 Å². The molecule has 0 spiro atoms. The van der Waals surface area contributed by atoms with Gasteiger partial charge in [-0.05, 0) is 24.3 Å². The topological polar surface area (TPSA) is 83.9 Å². The van der Waals surface area contributed by atoms with Gasteiger partial charge >= 0.3 is 6.18 Å². The molecule has 0 aromatic heterocycles. The number of carbonyl (C=O) groups is 1. The Labute approximate surface area is 146 Å². The smallest absolute Gasteiger partial charge is 0.420 e. The molecule has 1 aliphatic rings. The van der Waals surface area contributed by atoms with Crippen LogP contribution < -0.4 is 9.64 Å². The normalized spacial score (nSPS) is 15.6. The van der Waals surface area contributed by atoms with Gasteiger partial charge in [0.25, 0.3) is 5.91 Å². The molecule has 0 saturated heterocycles. The van der Waals surface area contributed by atoms with E-state index in [0.717, 1.165) is 18.1 Å². The van der Waals surface area contributed by atoms with E-state index in [1.165, 1.54) is 24.3 Å². The zero-order chi connectivity index (χ0) is 19.3. The van der Waals surface area contributed by atoms with Crippen molar-refractivity contribution < 1.29 is 36.2 Å². The highest BCUT2D eigenvalue weighted by Crippen LogP contribution is 2.42. The Morgan fingerprint density at radius 1 is 1.23 bits per heavy atom. The molecular formula is C16H12F3NO5S. The van der Waals surface area contributed by atoms with Gasteiger partial charge in [0.2, 0.25) is 0 Å². The van der Waals surface area contributed by atoms with Crippen LogP contribution in [0.3, 0.4) is 0 Å². The molecule has 0 saturated carbocycles. The van der Waals surface area contributed by atoms with Gasteiger partial charge in [-0.25, -0.2) is 8.42 Å². The molecule has 10 heteroatoms. The van der Waals surface area contributed by atoms with Gasteiger partial charge in [-0.2, -0.15) is 13.2 Å². The number of sulfone groups is 1. The number of rotatable bonds is 2. The molecule has 0 unspecified atom stereocenters. The number of aromatic hydroxyl groups is 1. The summed E-state index contributed by atoms with van der Waals surface area (Å²) in [5, 5.41) is 9.67. The van der Waals surface area contributed by atoms with Crippen molar-refractivity contribution in [3.63, 3.8) is 0 Å². The van der Waals surface area contributed by atoms with Crippen LogP contribution in [0.4, 0.5) is 18.9 Å². The molecule has 0 atom stereocenters. The highest BCUT2D eigenvalue weighted by molar-refractivity contribution is 7.92. The lowest BCUT2D eigenvalue weighted by Gasteiger charge is -2.18. The molecule has 1 heterocycles. The first-order chi connectivity index (χ1) is 12.1. The number of para-hydroxylation sites is 1. The number of fused-ring (bicyclic) bond motifs is 1. The van der Waals surface area contributed by atoms with Crippen molar-refractivity contribution in [3.05, 3.63) is 47.5 Å². The molecule has 6 nitrogen and oxygen atoms in total. The number of hydrogen-bond acceptors (Lipinski definition) is 5. The van der Waals surface area contributed by atoms with Crippen molar-refractivity contribution in [1.29, 1.82) is 0 Å². The van der Waals surface area contributed by atoms with E-state index in [2.05, 4.69) is 0 Å². The van der Waals surface area contributed by atoms with Crippen LogP contribution in [0.2, 0.25) is 0 Å². The summed E-state index contributed by atoms with van der Waals surface area (Å²) in [6, 6.07) is 7.10. The maximum absolute atomic E-state index is 13.1. The molecule has 0 aliphatic carbocycles. The fourth-order valence-corrected chi connectivity index (χ4v) is 4.20. The highest BCUT2D eigenvalue weighted by atomic mass is 32.2. The minimum Gasteiger partial charge on any atom is -0.504 e. The van der Waals surface area contributed by atoms with Crippen LogP contribution in [-0.4, -0.2) is 32.4 Å². The first kappa shape index (κ1) is 18.1. The standard InChI is InChI=1S/C16H12F3NO5S/c1-25-12-7-9(6-10(14(12)21)16(17,18)19)15(22)20-8-26(23,24)13-5-3-2-4-11(13)20/h2-7,21H,8H2,1H3. The minimum absolute atomic E-state index is 0.0739. The summed E-state index contributed by atoms with van der Waals surface area (Å²) in [4.78, 5) is 13.5. The molecule has 1 amide bonds. The van der Waals surface area contributed by atoms with E-state index in [9.17, 15) is 31.5 Å². The summed E-state index contributed by atoms with van der Waals surface area (Å²) in [6.45, 7) is 0. The Kier molecular flexibility index (Phi) is 4.10. The molecule has 0 fully saturated rings. The number of hydrogen-bond donors (Lipinski definition) is 1. The maximum Gasteiger partial charge on any atom is 0.420 e. The molecular weight excluding hydrogens is 375 g/mol. The van der Waals surface area contributed by atoms with Crippen LogP contribution in [0.5, 0.6) is 11.5 Å². The Hall–Kier alpha value is -2.75. The van der Waals surface area contributed by atoms with Gasteiger partial charge in [0.15, 0.2) is 21.3 Å². The fraction of sp³-hybridized carbons (Fsp3) is 0.188. The number of benzene rings is 2. The van der Waals surface area contributed by atoms with Crippen LogP contribution in [-0.2, 0) is 16.0 Å². The van der Waals surface area contributed by atoms with Gasteiger partial charge in [0.05, 0.1) is 17.7 Å². The molecule has 1 N–H and O–H groups in total. The number of carbonyl (C=O) groups excluding carboxylic acids is 1. The third-order valence-electron chi connectivity index (χ3n) is 3.88. The number of anilines is 1. The van der Waals surface area contributed by atoms with Crippen LogP contribution in [0, 0.1) is 0 Å². The lowest BCUT2D eigenvalue weighted by molar-refractivity contribution is -0.138. The number of amides is 1. The average Bonchev–Trinajstić information content (AvgIpc) is 2.85. The third-order valence-corrected chi connectivity index (χ3v) is 5.50. The molecule has 2 aromatic rings. The number of nitrogens with zero attached hydrogens (tertiary/aromatic N) is 1. The summed E-state index contributed by atoms with van der Waals surface area (Å²) >= 11 is 0. The number of halogens is 3. The second kappa shape index (κ2) is 5.90. The van der Waals surface area contributed by atoms with E-state index < -0.39 is 50.4 Å². The lowest BCUT2D eigenvalue weighted by atomic mass is 10.1. The van der Waals surface area contributed by atoms with Crippen LogP contribution in [0.25, 0.3) is 0 Å². The van der Waals surface area contributed by atoms with Gasteiger partial charge in [0.1, 0.15) is 11.4 Å². The summed E-state index contributed by atoms with van der Waals surface area (Å²) < 4.78 is 68.4. The van der Waals surface area contributed by atoms with Gasteiger partial charge in [0, 0.05) is 5.56 Å². The Bertz CT molecular complexity index is 1000. The van der Waals surface area contributed by atoms with Gasteiger partial charge in [-0.3, -0.25) is 9.69 Å². The largest absolute Gasteiger partial charge is 0.504 e. The van der Waals surface area contributed by atoms with E-state index in [4.69, 9.17) is 4.74 Å². The van der Waals surface area contributed by atoms with E-state index in [0.29, 0.717) is 6.07 Å². The number of ether oxygens (including phenoxy) is 1. The number of alkyl halides is 3. The summed E-state index contributed by atoms with van der Waals surface area (Å²) in [6.07, 6.45) is -4.93. The van der Waals surface area contributed by atoms with Gasteiger partial charge in [-0.1, -0.05) is 12.1 Å². The average molecular weight is 387 g/mol. The summed E-state index contributed by atoms with van der Waals surface area (Å²) in [7, 11) is -2.73. The molecule has 138 valence electrons. The first-order valence-corrected chi connectivity index (χ1v) is 8.83. The summed E-state index contributed by atoms with van der Waals surface area (Å²) in [5.74, 6) is -3.33. The van der Waals surface area contributed by atoms with Crippen molar-refractivity contribution in [3.8, 4) is 11.5 Å². The zero-order valence-electron chi connectivity index (χ0n) is 13.2. The Morgan fingerprint density at radius 2 is 1.88 bits per heavy atom. The molecule has 1 aliphatic heterocycles. The number of methoxy groups -OCH3 is 1. The summed E-state index contributed by atoms with van der Waals surface area (Å²) in [5.41, 5.74) is -1.83. The van der Waals surface area contributed by atoms with Crippen LogP contribution >= 0.6 is 0 Å². The molecule has 2 aromatic carbocycles. The van der Waals surface area contributed by atoms with Crippen molar-refractivity contribution in [1.82, 2.24) is 0 Å². The second-order valence-electron chi connectivity index (χ2n) is 5.52. The van der Waals surface area contributed by atoms with Crippen molar-refractivity contribution in [2.75, 3.05) is 17.9 Å². The van der Waals surface area contributed by atoms with E-state index in [-0.39, 0.29) is 10.6 Å². The lowest BCUT2D eigenvalue weighted by Crippen LogP contribution is -2.30. The van der Waals surface area contributed by atoms with Crippen LogP contribution in [0.1, 0.15) is 15.9 Å². The molecule has 3 rings (SSSR count). The Balaban J connectivity index is 2.13. The number of phenolic OH excluding ortho intramolecular Hbond substituents is 1. The Morgan fingerprint density at radius 3 is 2.50 bits per heavy atom. The van der Waals surface area contributed by atoms with Gasteiger partial charge < -0.3 is 9.84 Å². The SMILES string of the molecule is COc1cc(C(=O)N2CS(=O)(=O)c3ccccc32)cc(C(F)(F)F)c1O. The monoisotopic (exact) mass is 387 g/mol. The highest BCUT2D eigenvalue weighted by Gasteiger charge is 2.39. The van der Waals surface area contributed by atoms with Gasteiger partial charge in [-0.15, -0.1) is 0 Å². The number of phenols is 1. The third kappa shape index (κ3) is 2.85. The van der Waals surface area contributed by atoms with E-state index in [1.54, 1.807) is 0 Å². The van der Waals surface area contributed by atoms with Crippen LogP contribution in [0.15, 0.2) is 41.3 Å². The van der Waals surface area contributed by atoms with Crippen molar-refractivity contribution in [2.45, 2.75) is 11.1 Å². The fourth-order valence-electron chi connectivity index (χ4n) is 2.68. The minimum atomic E-state index is -4.93. The predicted molar refractivity (Wildman–Crippen MR) is 85.0 cm³/mol. The quantitative estimate of drug-likeness (QED) is 0.857. The van der Waals surface area contributed by atoms with Crippen molar-refractivity contribution in [2.24, 2.45) is 0 Å². The predicted octanol–water partition coefficient (Wildman–Crippen LogP) is 2.81. The first-order valence-electron chi connectivity index (χ1n) is 7.18. The molecule has 26 heavy (non-hydrogen) atoms.